The van der Waals surface area contributed by atoms with Gasteiger partial charge in [0, 0.05) is 6.54 Å². The molecule has 1 amide bonds. The van der Waals surface area contributed by atoms with Crippen LogP contribution >= 0.6 is 0 Å². The standard InChI is InChI=1S/C10H22N2O/c1-8(2)5-10(3,4)7-12-9(13)6-11/h8H,5-7,11H2,1-4H3,(H,12,13). The molecule has 0 saturated heterocycles. The van der Waals surface area contributed by atoms with Crippen molar-refractivity contribution < 1.29 is 4.79 Å². The van der Waals surface area contributed by atoms with E-state index in [1.807, 2.05) is 0 Å². The molecule has 13 heavy (non-hydrogen) atoms. The van der Waals surface area contributed by atoms with Crippen molar-refractivity contribution in [1.29, 1.82) is 0 Å². The molecule has 3 heteroatoms. The van der Waals surface area contributed by atoms with E-state index in [0.717, 1.165) is 6.42 Å². The van der Waals surface area contributed by atoms with Gasteiger partial charge in [-0.15, -0.1) is 0 Å². The molecule has 0 heterocycles. The van der Waals surface area contributed by atoms with Crippen molar-refractivity contribution in [3.8, 4) is 0 Å². The maximum absolute atomic E-state index is 10.9. The van der Waals surface area contributed by atoms with Crippen LogP contribution in [0.15, 0.2) is 0 Å². The van der Waals surface area contributed by atoms with Crippen molar-refractivity contribution in [2.45, 2.75) is 34.1 Å². The third-order valence-corrected chi connectivity index (χ3v) is 1.91. The summed E-state index contributed by atoms with van der Waals surface area (Å²) in [5.41, 5.74) is 5.36. The molecule has 0 aromatic rings. The van der Waals surface area contributed by atoms with Gasteiger partial charge in [0.2, 0.25) is 5.91 Å². The maximum atomic E-state index is 10.9. The molecular formula is C10H22N2O. The maximum Gasteiger partial charge on any atom is 0.233 e. The Morgan fingerprint density at radius 2 is 2.00 bits per heavy atom. The van der Waals surface area contributed by atoms with Crippen LogP contribution in [-0.2, 0) is 4.79 Å². The van der Waals surface area contributed by atoms with Gasteiger partial charge in [-0.1, -0.05) is 27.7 Å². The van der Waals surface area contributed by atoms with E-state index >= 15 is 0 Å². The topological polar surface area (TPSA) is 55.1 Å². The summed E-state index contributed by atoms with van der Waals surface area (Å²) < 4.78 is 0. The molecule has 3 N–H and O–H groups in total. The van der Waals surface area contributed by atoms with Gasteiger partial charge in [0.05, 0.1) is 6.54 Å². The minimum atomic E-state index is -0.0724. The molecule has 0 unspecified atom stereocenters. The molecule has 0 aliphatic rings. The summed E-state index contributed by atoms with van der Waals surface area (Å²) in [5, 5.41) is 2.81. The monoisotopic (exact) mass is 186 g/mol. The summed E-state index contributed by atoms with van der Waals surface area (Å²) >= 11 is 0. The molecule has 0 atom stereocenters. The first kappa shape index (κ1) is 12.4. The first-order valence-electron chi connectivity index (χ1n) is 4.84. The van der Waals surface area contributed by atoms with Gasteiger partial charge < -0.3 is 11.1 Å². The second-order valence-corrected chi connectivity index (χ2v) is 4.74. The van der Waals surface area contributed by atoms with Gasteiger partial charge in [-0.3, -0.25) is 4.79 Å². The summed E-state index contributed by atoms with van der Waals surface area (Å²) in [6.45, 7) is 9.48. The summed E-state index contributed by atoms with van der Waals surface area (Å²) in [5.74, 6) is 0.585. The van der Waals surface area contributed by atoms with Crippen molar-refractivity contribution in [3.63, 3.8) is 0 Å². The molecule has 0 saturated carbocycles. The first-order chi connectivity index (χ1) is 5.87. The Hall–Kier alpha value is -0.570. The fourth-order valence-corrected chi connectivity index (χ4v) is 1.59. The zero-order chi connectivity index (χ0) is 10.5. The van der Waals surface area contributed by atoms with Crippen LogP contribution in [0, 0.1) is 11.3 Å². The third-order valence-electron chi connectivity index (χ3n) is 1.91. The second-order valence-electron chi connectivity index (χ2n) is 4.74. The van der Waals surface area contributed by atoms with Crippen LogP contribution in [0.5, 0.6) is 0 Å². The zero-order valence-electron chi connectivity index (χ0n) is 9.18. The van der Waals surface area contributed by atoms with Crippen LogP contribution < -0.4 is 11.1 Å². The molecule has 78 valence electrons. The van der Waals surface area contributed by atoms with Crippen LogP contribution in [0.4, 0.5) is 0 Å². The summed E-state index contributed by atoms with van der Waals surface area (Å²) in [6.07, 6.45) is 1.11. The van der Waals surface area contributed by atoms with Gasteiger partial charge in [0.25, 0.3) is 0 Å². The quantitative estimate of drug-likeness (QED) is 0.676. The van der Waals surface area contributed by atoms with Crippen LogP contribution in [0.25, 0.3) is 0 Å². The van der Waals surface area contributed by atoms with Crippen molar-refractivity contribution in [2.24, 2.45) is 17.1 Å². The zero-order valence-corrected chi connectivity index (χ0v) is 9.18. The van der Waals surface area contributed by atoms with Crippen molar-refractivity contribution >= 4 is 5.91 Å². The van der Waals surface area contributed by atoms with Crippen molar-refractivity contribution in [2.75, 3.05) is 13.1 Å². The Morgan fingerprint density at radius 3 is 2.38 bits per heavy atom. The molecule has 0 bridgehead atoms. The SMILES string of the molecule is CC(C)CC(C)(C)CNC(=O)CN. The van der Waals surface area contributed by atoms with E-state index in [-0.39, 0.29) is 17.9 Å². The number of nitrogens with two attached hydrogens (primary N) is 1. The first-order valence-corrected chi connectivity index (χ1v) is 4.84. The Morgan fingerprint density at radius 1 is 1.46 bits per heavy atom. The minimum absolute atomic E-state index is 0.0724. The number of rotatable bonds is 5. The van der Waals surface area contributed by atoms with Gasteiger partial charge in [0.15, 0.2) is 0 Å². The fraction of sp³-hybridized carbons (Fsp3) is 0.900. The number of carbonyl (C=O) groups is 1. The molecule has 0 fully saturated rings. The number of hydrogen-bond donors (Lipinski definition) is 2. The molecular weight excluding hydrogens is 164 g/mol. The predicted octanol–water partition coefficient (Wildman–Crippen LogP) is 1.13. The normalized spacial score (nSPS) is 11.8. The van der Waals surface area contributed by atoms with E-state index in [1.165, 1.54) is 0 Å². The molecule has 0 aliphatic carbocycles. The van der Waals surface area contributed by atoms with E-state index in [2.05, 4.69) is 33.0 Å². The highest BCUT2D eigenvalue weighted by atomic mass is 16.1. The highest BCUT2D eigenvalue weighted by molar-refractivity contribution is 5.77. The number of hydrogen-bond acceptors (Lipinski definition) is 2. The highest BCUT2D eigenvalue weighted by Gasteiger charge is 2.19. The van der Waals surface area contributed by atoms with E-state index in [0.29, 0.717) is 12.5 Å². The number of amides is 1. The molecule has 3 nitrogen and oxygen atoms in total. The average molecular weight is 186 g/mol. The molecule has 0 spiro atoms. The highest BCUT2D eigenvalue weighted by Crippen LogP contribution is 2.23. The Labute approximate surface area is 81.1 Å². The minimum Gasteiger partial charge on any atom is -0.354 e. The van der Waals surface area contributed by atoms with Crippen molar-refractivity contribution in [3.05, 3.63) is 0 Å². The molecule has 0 aromatic carbocycles. The Bertz CT molecular complexity index is 164. The smallest absolute Gasteiger partial charge is 0.233 e. The third kappa shape index (κ3) is 6.58. The van der Waals surface area contributed by atoms with Crippen molar-refractivity contribution in [1.82, 2.24) is 5.32 Å². The lowest BCUT2D eigenvalue weighted by atomic mass is 9.84. The van der Waals surface area contributed by atoms with E-state index in [4.69, 9.17) is 5.73 Å². The Kier molecular flexibility index (Phi) is 4.99. The predicted molar refractivity (Wildman–Crippen MR) is 55.3 cm³/mol. The number of carbonyl (C=O) groups excluding carboxylic acids is 1. The van der Waals surface area contributed by atoms with E-state index in [1.54, 1.807) is 0 Å². The van der Waals surface area contributed by atoms with Gasteiger partial charge in [-0.25, -0.2) is 0 Å². The summed E-state index contributed by atoms with van der Waals surface area (Å²) in [7, 11) is 0. The van der Waals surface area contributed by atoms with Crippen LogP contribution in [0.2, 0.25) is 0 Å². The van der Waals surface area contributed by atoms with Crippen LogP contribution in [-0.4, -0.2) is 19.0 Å². The second kappa shape index (κ2) is 5.22. The molecule has 0 rings (SSSR count). The Balaban J connectivity index is 3.81. The summed E-state index contributed by atoms with van der Waals surface area (Å²) in [4.78, 5) is 10.9. The van der Waals surface area contributed by atoms with Crippen LogP contribution in [0.1, 0.15) is 34.1 Å². The lowest BCUT2D eigenvalue weighted by Crippen LogP contribution is -2.38. The molecule has 0 aliphatic heterocycles. The van der Waals surface area contributed by atoms with Gasteiger partial charge in [-0.05, 0) is 17.8 Å². The van der Waals surface area contributed by atoms with E-state index < -0.39 is 0 Å². The lowest BCUT2D eigenvalue weighted by molar-refractivity contribution is -0.120. The van der Waals surface area contributed by atoms with E-state index in [9.17, 15) is 4.79 Å². The van der Waals surface area contributed by atoms with Crippen LogP contribution in [0.3, 0.4) is 0 Å². The van der Waals surface area contributed by atoms with Gasteiger partial charge >= 0.3 is 0 Å². The van der Waals surface area contributed by atoms with Gasteiger partial charge in [0.1, 0.15) is 0 Å². The lowest BCUT2D eigenvalue weighted by Gasteiger charge is -2.26. The summed E-state index contributed by atoms with van der Waals surface area (Å²) in [6, 6.07) is 0. The number of nitrogens with one attached hydrogen (secondary N) is 1. The molecule has 0 aromatic heterocycles. The average Bonchev–Trinajstić information content (AvgIpc) is 1.98. The largest absolute Gasteiger partial charge is 0.354 e. The molecule has 0 radical (unpaired) electrons. The fourth-order valence-electron chi connectivity index (χ4n) is 1.59. The van der Waals surface area contributed by atoms with Gasteiger partial charge in [-0.2, -0.15) is 0 Å².